The molecule has 1 aliphatic heterocycles. The monoisotopic (exact) mass is 344 g/mol. The van der Waals surface area contributed by atoms with E-state index in [0.29, 0.717) is 23.8 Å². The number of fused-ring (bicyclic) bond motifs is 1. The Kier molecular flexibility index (Phi) is 3.65. The Bertz CT molecular complexity index is 901. The fourth-order valence-electron chi connectivity index (χ4n) is 3.06. The molecule has 0 saturated carbocycles. The van der Waals surface area contributed by atoms with E-state index < -0.39 is 0 Å². The third kappa shape index (κ3) is 2.71. The molecule has 3 aromatic rings. The first kappa shape index (κ1) is 15.0. The lowest BCUT2D eigenvalue weighted by Crippen LogP contribution is -2.32. The highest BCUT2D eigenvalue weighted by Crippen LogP contribution is 2.19. The molecule has 0 unspecified atom stereocenters. The van der Waals surface area contributed by atoms with Gasteiger partial charge in [0.1, 0.15) is 11.5 Å². The van der Waals surface area contributed by atoms with Crippen molar-refractivity contribution in [2.24, 2.45) is 7.05 Å². The number of likely N-dealkylation sites (tertiary alicyclic amines) is 1. The van der Waals surface area contributed by atoms with E-state index in [-0.39, 0.29) is 11.9 Å². The molecule has 1 saturated heterocycles. The second kappa shape index (κ2) is 5.83. The molecule has 7 nitrogen and oxygen atoms in total. The predicted molar refractivity (Wildman–Crippen MR) is 91.3 cm³/mol. The van der Waals surface area contributed by atoms with Crippen LogP contribution in [-0.4, -0.2) is 49.1 Å². The maximum absolute atomic E-state index is 12.6. The molecule has 3 aromatic heterocycles. The van der Waals surface area contributed by atoms with Crippen LogP contribution in [0.3, 0.4) is 0 Å². The topological polar surface area (TPSA) is 67.5 Å². The number of amides is 1. The molecule has 0 aliphatic carbocycles. The van der Waals surface area contributed by atoms with Gasteiger partial charge in [0, 0.05) is 44.8 Å². The molecule has 0 bridgehead atoms. The number of imidazole rings is 1. The minimum atomic E-state index is 0.00622. The fraction of sp³-hybridized carbons (Fsp3) is 0.312. The molecule has 1 N–H and O–H groups in total. The molecule has 1 atom stereocenters. The van der Waals surface area contributed by atoms with Gasteiger partial charge in [0.2, 0.25) is 0 Å². The molecule has 124 valence electrons. The third-order valence-corrected chi connectivity index (χ3v) is 4.48. The number of hydrogen-bond donors (Lipinski definition) is 1. The number of aryl methyl sites for hydroxylation is 1. The lowest BCUT2D eigenvalue weighted by molar-refractivity contribution is 0.0782. The fourth-order valence-corrected chi connectivity index (χ4v) is 3.31. The van der Waals surface area contributed by atoms with Crippen molar-refractivity contribution < 1.29 is 4.79 Å². The molecule has 24 heavy (non-hydrogen) atoms. The van der Waals surface area contributed by atoms with Gasteiger partial charge in [-0.15, -0.1) is 5.10 Å². The molecule has 1 fully saturated rings. The van der Waals surface area contributed by atoms with E-state index in [0.717, 1.165) is 17.9 Å². The molecule has 8 heteroatoms. The van der Waals surface area contributed by atoms with Gasteiger partial charge in [0.25, 0.3) is 5.91 Å². The Labute approximate surface area is 143 Å². The summed E-state index contributed by atoms with van der Waals surface area (Å²) in [5.41, 5.74) is 1.42. The van der Waals surface area contributed by atoms with Gasteiger partial charge in [-0.25, -0.2) is 9.50 Å². The molecule has 4 heterocycles. The summed E-state index contributed by atoms with van der Waals surface area (Å²) in [6, 6.07) is 5.71. The Morgan fingerprint density at radius 1 is 1.42 bits per heavy atom. The van der Waals surface area contributed by atoms with Gasteiger partial charge < -0.3 is 14.8 Å². The van der Waals surface area contributed by atoms with E-state index in [4.69, 9.17) is 11.6 Å². The number of aromatic nitrogens is 4. The number of halogens is 1. The second-order valence-electron chi connectivity index (χ2n) is 5.98. The lowest BCUT2D eigenvalue weighted by Gasteiger charge is -2.17. The minimum Gasteiger partial charge on any atom is -0.364 e. The number of nitrogens with one attached hydrogen (secondary N) is 1. The van der Waals surface area contributed by atoms with Gasteiger partial charge in [0.05, 0.1) is 5.02 Å². The zero-order chi connectivity index (χ0) is 16.7. The summed E-state index contributed by atoms with van der Waals surface area (Å²) in [6.07, 6.45) is 6.15. The standard InChI is InChI=1S/C16H17ClN6O/c1-21-9-11(17)8-13(21)16(24)22-6-4-12(10-22)19-14-2-3-15-18-5-7-23(15)20-14/h2-3,5,7-9,12H,4,6,10H2,1H3,(H,19,20)/t12-/m1/s1. The molecule has 1 aliphatic rings. The van der Waals surface area contributed by atoms with Crippen molar-refractivity contribution in [1.82, 2.24) is 24.1 Å². The zero-order valence-electron chi connectivity index (χ0n) is 13.2. The van der Waals surface area contributed by atoms with Crippen molar-refractivity contribution in [2.75, 3.05) is 18.4 Å². The van der Waals surface area contributed by atoms with Gasteiger partial charge in [-0.3, -0.25) is 4.79 Å². The van der Waals surface area contributed by atoms with Crippen molar-refractivity contribution >= 4 is 29.0 Å². The number of hydrogen-bond acceptors (Lipinski definition) is 4. The Morgan fingerprint density at radius 3 is 3.08 bits per heavy atom. The van der Waals surface area contributed by atoms with Crippen LogP contribution in [0.15, 0.2) is 36.8 Å². The summed E-state index contributed by atoms with van der Waals surface area (Å²) in [7, 11) is 1.83. The van der Waals surface area contributed by atoms with Crippen molar-refractivity contribution in [1.29, 1.82) is 0 Å². The molecular weight excluding hydrogens is 328 g/mol. The van der Waals surface area contributed by atoms with Crippen LogP contribution in [0, 0.1) is 0 Å². The molecule has 4 rings (SSSR count). The highest BCUT2D eigenvalue weighted by Gasteiger charge is 2.28. The van der Waals surface area contributed by atoms with Gasteiger partial charge >= 0.3 is 0 Å². The van der Waals surface area contributed by atoms with Crippen LogP contribution in [0.25, 0.3) is 5.65 Å². The molecule has 0 aromatic carbocycles. The van der Waals surface area contributed by atoms with Gasteiger partial charge in [0.15, 0.2) is 5.65 Å². The molecule has 0 spiro atoms. The number of carbonyl (C=O) groups is 1. The average molecular weight is 345 g/mol. The first-order valence-corrected chi connectivity index (χ1v) is 8.16. The summed E-state index contributed by atoms with van der Waals surface area (Å²) < 4.78 is 3.49. The van der Waals surface area contributed by atoms with Crippen LogP contribution in [0.4, 0.5) is 5.82 Å². The van der Waals surface area contributed by atoms with Crippen molar-refractivity contribution in [3.63, 3.8) is 0 Å². The van der Waals surface area contributed by atoms with E-state index in [1.807, 2.05) is 30.3 Å². The third-order valence-electron chi connectivity index (χ3n) is 4.27. The molecule has 1 amide bonds. The molecular formula is C16H17ClN6O. The average Bonchev–Trinajstić information content (AvgIpc) is 3.26. The van der Waals surface area contributed by atoms with Gasteiger partial charge in [-0.2, -0.15) is 0 Å². The lowest BCUT2D eigenvalue weighted by atomic mass is 10.2. The van der Waals surface area contributed by atoms with Crippen LogP contribution < -0.4 is 5.32 Å². The SMILES string of the molecule is Cn1cc(Cl)cc1C(=O)N1CC[C@@H](Nc2ccc3nccn3n2)C1. The first-order chi connectivity index (χ1) is 11.6. The number of carbonyl (C=O) groups excluding carboxylic acids is 1. The van der Waals surface area contributed by atoms with Crippen molar-refractivity contribution in [3.05, 3.63) is 47.5 Å². The van der Waals surface area contributed by atoms with Crippen molar-refractivity contribution in [3.8, 4) is 0 Å². The highest BCUT2D eigenvalue weighted by molar-refractivity contribution is 6.31. The smallest absolute Gasteiger partial charge is 0.270 e. The van der Waals surface area contributed by atoms with Crippen LogP contribution >= 0.6 is 11.6 Å². The normalized spacial score (nSPS) is 17.6. The largest absolute Gasteiger partial charge is 0.364 e. The highest BCUT2D eigenvalue weighted by atomic mass is 35.5. The number of rotatable bonds is 3. The summed E-state index contributed by atoms with van der Waals surface area (Å²) in [4.78, 5) is 18.6. The summed E-state index contributed by atoms with van der Waals surface area (Å²) >= 11 is 5.97. The quantitative estimate of drug-likeness (QED) is 0.789. The van der Waals surface area contributed by atoms with Crippen molar-refractivity contribution in [2.45, 2.75) is 12.5 Å². The van der Waals surface area contributed by atoms with E-state index in [2.05, 4.69) is 15.4 Å². The summed E-state index contributed by atoms with van der Waals surface area (Å²) in [6.45, 7) is 1.36. The Hall–Kier alpha value is -2.54. The number of nitrogens with zero attached hydrogens (tertiary/aromatic N) is 5. The van der Waals surface area contributed by atoms with E-state index >= 15 is 0 Å². The van der Waals surface area contributed by atoms with E-state index in [1.165, 1.54) is 0 Å². The van der Waals surface area contributed by atoms with E-state index in [9.17, 15) is 4.79 Å². The van der Waals surface area contributed by atoms with E-state index in [1.54, 1.807) is 27.5 Å². The van der Waals surface area contributed by atoms with Gasteiger partial charge in [-0.05, 0) is 24.6 Å². The minimum absolute atomic E-state index is 0.00622. The Morgan fingerprint density at radius 2 is 2.29 bits per heavy atom. The summed E-state index contributed by atoms with van der Waals surface area (Å²) in [5.74, 6) is 0.786. The van der Waals surface area contributed by atoms with Crippen LogP contribution in [-0.2, 0) is 7.05 Å². The zero-order valence-corrected chi connectivity index (χ0v) is 13.9. The van der Waals surface area contributed by atoms with Crippen LogP contribution in [0.1, 0.15) is 16.9 Å². The van der Waals surface area contributed by atoms with Crippen LogP contribution in [0.2, 0.25) is 5.02 Å². The maximum atomic E-state index is 12.6. The number of anilines is 1. The second-order valence-corrected chi connectivity index (χ2v) is 6.42. The van der Waals surface area contributed by atoms with Crippen LogP contribution in [0.5, 0.6) is 0 Å². The Balaban J connectivity index is 1.44. The predicted octanol–water partition coefficient (Wildman–Crippen LogP) is 2.05. The molecule has 0 radical (unpaired) electrons. The van der Waals surface area contributed by atoms with Gasteiger partial charge in [-0.1, -0.05) is 11.6 Å². The maximum Gasteiger partial charge on any atom is 0.270 e. The first-order valence-electron chi connectivity index (χ1n) is 7.78. The summed E-state index contributed by atoms with van der Waals surface area (Å²) in [5, 5.41) is 8.43.